The lowest BCUT2D eigenvalue weighted by molar-refractivity contribution is 0.0756. The molecule has 1 aliphatic rings. The number of carbonyl (C=O) groups is 1. The molecule has 1 amide bonds. The highest BCUT2D eigenvalue weighted by Gasteiger charge is 2.33. The summed E-state index contributed by atoms with van der Waals surface area (Å²) in [6.45, 7) is 0.667. The van der Waals surface area contributed by atoms with Gasteiger partial charge in [0.05, 0.1) is 21.3 Å². The minimum atomic E-state index is -0.0882. The zero-order valence-electron chi connectivity index (χ0n) is 14.4. The average Bonchev–Trinajstić information content (AvgIpc) is 3.16. The smallest absolute Gasteiger partial charge is 0.260 e. The van der Waals surface area contributed by atoms with E-state index in [0.717, 1.165) is 11.3 Å². The molecule has 0 bridgehead atoms. The summed E-state index contributed by atoms with van der Waals surface area (Å²) in [5.74, 6) is 2.44. The minimum Gasteiger partial charge on any atom is -0.493 e. The van der Waals surface area contributed by atoms with Gasteiger partial charge in [-0.25, -0.2) is 4.98 Å². The third kappa shape index (κ3) is 3.37. The number of thioether (sulfide) groups is 1. The molecule has 0 N–H and O–H groups in total. The van der Waals surface area contributed by atoms with E-state index in [9.17, 15) is 4.79 Å². The Hall–Kier alpha value is -2.41. The molecular formula is C18H20N2O4S. The number of ether oxygens (including phenoxy) is 3. The van der Waals surface area contributed by atoms with Crippen LogP contribution < -0.4 is 14.2 Å². The number of pyridine rings is 1. The number of carbonyl (C=O) groups excluding carboxylic acids is 1. The van der Waals surface area contributed by atoms with E-state index in [1.807, 2.05) is 23.1 Å². The summed E-state index contributed by atoms with van der Waals surface area (Å²) in [6, 6.07) is 9.22. The van der Waals surface area contributed by atoms with Gasteiger partial charge in [-0.3, -0.25) is 4.79 Å². The first-order valence-corrected chi connectivity index (χ1v) is 8.88. The van der Waals surface area contributed by atoms with E-state index in [1.165, 1.54) is 7.11 Å². The number of hydrogen-bond donors (Lipinski definition) is 0. The summed E-state index contributed by atoms with van der Waals surface area (Å²) in [5.41, 5.74) is 1.47. The highest BCUT2D eigenvalue weighted by molar-refractivity contribution is 7.99. The predicted molar refractivity (Wildman–Crippen MR) is 96.6 cm³/mol. The van der Waals surface area contributed by atoms with Gasteiger partial charge in [0.25, 0.3) is 5.91 Å². The van der Waals surface area contributed by atoms with Crippen molar-refractivity contribution in [1.82, 2.24) is 9.88 Å². The van der Waals surface area contributed by atoms with Crippen molar-refractivity contribution in [2.75, 3.05) is 33.6 Å². The second-order valence-corrected chi connectivity index (χ2v) is 6.58. The Morgan fingerprint density at radius 3 is 2.68 bits per heavy atom. The van der Waals surface area contributed by atoms with Gasteiger partial charge in [0, 0.05) is 18.5 Å². The zero-order valence-corrected chi connectivity index (χ0v) is 15.2. The van der Waals surface area contributed by atoms with Crippen LogP contribution >= 0.6 is 11.8 Å². The molecule has 1 aliphatic heterocycles. The zero-order chi connectivity index (χ0) is 17.8. The monoisotopic (exact) mass is 360 g/mol. The van der Waals surface area contributed by atoms with Crippen molar-refractivity contribution in [3.8, 4) is 17.4 Å². The average molecular weight is 360 g/mol. The lowest BCUT2D eigenvalue weighted by Crippen LogP contribution is -2.30. The molecule has 3 rings (SSSR count). The second-order valence-electron chi connectivity index (χ2n) is 5.40. The number of amides is 1. The Morgan fingerprint density at radius 1 is 1.16 bits per heavy atom. The lowest BCUT2D eigenvalue weighted by Gasteiger charge is -2.25. The van der Waals surface area contributed by atoms with Gasteiger partial charge in [-0.1, -0.05) is 6.07 Å². The first kappa shape index (κ1) is 17.4. The van der Waals surface area contributed by atoms with Crippen molar-refractivity contribution in [3.05, 3.63) is 47.7 Å². The topological polar surface area (TPSA) is 60.9 Å². The maximum Gasteiger partial charge on any atom is 0.260 e. The lowest BCUT2D eigenvalue weighted by atomic mass is 10.1. The summed E-state index contributed by atoms with van der Waals surface area (Å²) < 4.78 is 15.9. The molecule has 1 atom stereocenters. The van der Waals surface area contributed by atoms with E-state index in [-0.39, 0.29) is 11.3 Å². The fourth-order valence-corrected chi connectivity index (χ4v) is 4.08. The fourth-order valence-electron chi connectivity index (χ4n) is 2.83. The van der Waals surface area contributed by atoms with E-state index in [1.54, 1.807) is 44.3 Å². The molecule has 7 heteroatoms. The van der Waals surface area contributed by atoms with Crippen molar-refractivity contribution < 1.29 is 19.0 Å². The van der Waals surface area contributed by atoms with Gasteiger partial charge in [-0.2, -0.15) is 0 Å². The molecule has 1 saturated heterocycles. The van der Waals surface area contributed by atoms with Crippen molar-refractivity contribution in [2.45, 2.75) is 5.37 Å². The Labute approximate surface area is 151 Å². The number of nitrogens with zero attached hydrogens (tertiary/aromatic N) is 2. The third-order valence-corrected chi connectivity index (χ3v) is 5.30. The molecule has 6 nitrogen and oxygen atoms in total. The molecular weight excluding hydrogens is 340 g/mol. The second kappa shape index (κ2) is 7.65. The van der Waals surface area contributed by atoms with E-state index < -0.39 is 0 Å². The number of methoxy groups -OCH3 is 3. The van der Waals surface area contributed by atoms with Crippen LogP contribution in [0.3, 0.4) is 0 Å². The van der Waals surface area contributed by atoms with Gasteiger partial charge >= 0.3 is 0 Å². The number of rotatable bonds is 5. The van der Waals surface area contributed by atoms with Crippen LogP contribution in [0.1, 0.15) is 21.3 Å². The maximum atomic E-state index is 13.0. The van der Waals surface area contributed by atoms with Crippen LogP contribution in [0, 0.1) is 0 Å². The molecule has 132 valence electrons. The quantitative estimate of drug-likeness (QED) is 0.817. The minimum absolute atomic E-state index is 0.0859. The fraction of sp³-hybridized carbons (Fsp3) is 0.333. The molecule has 1 unspecified atom stereocenters. The van der Waals surface area contributed by atoms with Crippen LogP contribution in [0.2, 0.25) is 0 Å². The van der Waals surface area contributed by atoms with Crippen LogP contribution in [-0.4, -0.2) is 49.4 Å². The molecule has 0 saturated carbocycles. The summed E-state index contributed by atoms with van der Waals surface area (Å²) in [7, 11) is 4.73. The van der Waals surface area contributed by atoms with E-state index in [0.29, 0.717) is 29.5 Å². The highest BCUT2D eigenvalue weighted by atomic mass is 32.2. The number of benzene rings is 1. The largest absolute Gasteiger partial charge is 0.493 e. The van der Waals surface area contributed by atoms with E-state index in [4.69, 9.17) is 14.2 Å². The van der Waals surface area contributed by atoms with Gasteiger partial charge in [0.15, 0.2) is 11.5 Å². The Bertz CT molecular complexity index is 768. The van der Waals surface area contributed by atoms with Crippen LogP contribution in [0.25, 0.3) is 0 Å². The van der Waals surface area contributed by atoms with Crippen molar-refractivity contribution in [1.29, 1.82) is 0 Å². The van der Waals surface area contributed by atoms with E-state index >= 15 is 0 Å². The van der Waals surface area contributed by atoms with Crippen LogP contribution in [-0.2, 0) is 0 Å². The SMILES string of the molecule is COc1ccc(C2SCCN2C(=O)c2cccnc2OC)cc1OC. The predicted octanol–water partition coefficient (Wildman–Crippen LogP) is 3.00. The van der Waals surface area contributed by atoms with Gasteiger partial charge in [0.1, 0.15) is 10.9 Å². The molecule has 0 radical (unpaired) electrons. The van der Waals surface area contributed by atoms with Gasteiger partial charge in [-0.05, 0) is 29.8 Å². The first-order valence-electron chi connectivity index (χ1n) is 7.83. The Morgan fingerprint density at radius 2 is 1.96 bits per heavy atom. The van der Waals surface area contributed by atoms with Crippen molar-refractivity contribution in [3.63, 3.8) is 0 Å². The standard InChI is InChI=1S/C18H20N2O4S/c1-22-14-7-6-12(11-15(14)23-2)18-20(9-10-25-18)17(21)13-5-4-8-19-16(13)24-3/h4-8,11,18H,9-10H2,1-3H3. The molecule has 1 aromatic heterocycles. The molecule has 0 spiro atoms. The molecule has 2 aromatic rings. The van der Waals surface area contributed by atoms with Crippen LogP contribution in [0.5, 0.6) is 17.4 Å². The normalized spacial score (nSPS) is 16.6. The van der Waals surface area contributed by atoms with Crippen molar-refractivity contribution in [2.24, 2.45) is 0 Å². The molecule has 25 heavy (non-hydrogen) atoms. The summed E-state index contributed by atoms with van der Waals surface area (Å²) in [5, 5.41) is -0.0859. The summed E-state index contributed by atoms with van der Waals surface area (Å²) in [6.07, 6.45) is 1.61. The summed E-state index contributed by atoms with van der Waals surface area (Å²) in [4.78, 5) is 19.0. The Balaban J connectivity index is 1.91. The highest BCUT2D eigenvalue weighted by Crippen LogP contribution is 2.42. The van der Waals surface area contributed by atoms with E-state index in [2.05, 4.69) is 4.98 Å². The summed E-state index contributed by atoms with van der Waals surface area (Å²) >= 11 is 1.72. The molecule has 1 aromatic carbocycles. The van der Waals surface area contributed by atoms with Crippen molar-refractivity contribution >= 4 is 17.7 Å². The molecule has 0 aliphatic carbocycles. The molecule has 2 heterocycles. The van der Waals surface area contributed by atoms with Crippen LogP contribution in [0.15, 0.2) is 36.5 Å². The Kier molecular flexibility index (Phi) is 5.33. The molecule has 1 fully saturated rings. The van der Waals surface area contributed by atoms with Gasteiger partial charge in [-0.15, -0.1) is 11.8 Å². The third-order valence-electron chi connectivity index (χ3n) is 4.04. The van der Waals surface area contributed by atoms with Gasteiger partial charge in [0.2, 0.25) is 5.88 Å². The first-order chi connectivity index (χ1) is 12.2. The maximum absolute atomic E-state index is 13.0. The van der Waals surface area contributed by atoms with Crippen LogP contribution in [0.4, 0.5) is 0 Å². The number of aromatic nitrogens is 1. The number of hydrogen-bond acceptors (Lipinski definition) is 6. The van der Waals surface area contributed by atoms with Gasteiger partial charge < -0.3 is 19.1 Å².